The number of amides is 2. The van der Waals surface area contributed by atoms with Crippen LogP contribution < -0.4 is 21.2 Å². The van der Waals surface area contributed by atoms with Gasteiger partial charge >= 0.3 is 11.7 Å². The van der Waals surface area contributed by atoms with Gasteiger partial charge in [-0.15, -0.1) is 0 Å². The zero-order chi connectivity index (χ0) is 18.8. The number of hydrogen-bond acceptors (Lipinski definition) is 4. The molecule has 142 valence electrons. The lowest BCUT2D eigenvalue weighted by Gasteiger charge is -2.30. The fourth-order valence-corrected chi connectivity index (χ4v) is 3.16. The van der Waals surface area contributed by atoms with Crippen LogP contribution in [0.2, 0.25) is 0 Å². The Morgan fingerprint density at radius 1 is 1.15 bits per heavy atom. The third-order valence-electron chi connectivity index (χ3n) is 4.66. The van der Waals surface area contributed by atoms with Crippen LogP contribution >= 0.6 is 0 Å². The van der Waals surface area contributed by atoms with Crippen molar-refractivity contribution in [2.24, 2.45) is 20.0 Å². The summed E-state index contributed by atoms with van der Waals surface area (Å²) in [6, 6.07) is 3.60. The maximum atomic E-state index is 12.3. The summed E-state index contributed by atoms with van der Waals surface area (Å²) in [5.74, 6) is 0.372. The lowest BCUT2D eigenvalue weighted by molar-refractivity contribution is 0.123. The molecule has 2 aromatic rings. The Labute approximate surface area is 152 Å². The minimum absolute atomic E-state index is 0.0886. The number of ether oxygens (including phenoxy) is 1. The number of carbonyl (C=O) groups excluding carboxylic acids is 1. The molecule has 1 saturated heterocycles. The van der Waals surface area contributed by atoms with Gasteiger partial charge in [0, 0.05) is 33.7 Å². The normalized spacial score (nSPS) is 14.9. The fraction of sp³-hybridized carbons (Fsp3) is 0.556. The van der Waals surface area contributed by atoms with E-state index in [1.165, 1.54) is 0 Å². The fourth-order valence-electron chi connectivity index (χ4n) is 3.16. The number of aryl methyl sites for hydroxylation is 2. The van der Waals surface area contributed by atoms with Crippen molar-refractivity contribution in [3.8, 4) is 0 Å². The number of morpholine rings is 1. The standard InChI is InChI=1S/C18H27N5O3/c1-12(2)11-19-17(24)20-13-9-15-16(22(4)18(25)21(15)3)10-14(13)23-5-7-26-8-6-23/h9-10,12H,5-8,11H2,1-4H3,(H2,19,20,24). The zero-order valence-corrected chi connectivity index (χ0v) is 15.8. The van der Waals surface area contributed by atoms with Gasteiger partial charge in [0.1, 0.15) is 0 Å². The van der Waals surface area contributed by atoms with Crippen molar-refractivity contribution in [3.63, 3.8) is 0 Å². The molecule has 0 unspecified atom stereocenters. The highest BCUT2D eigenvalue weighted by molar-refractivity contribution is 5.98. The van der Waals surface area contributed by atoms with Crippen LogP contribution in [0.4, 0.5) is 16.2 Å². The predicted octanol–water partition coefficient (Wildman–Crippen LogP) is 1.49. The molecular weight excluding hydrogens is 334 g/mol. The summed E-state index contributed by atoms with van der Waals surface area (Å²) < 4.78 is 8.66. The first kappa shape index (κ1) is 18.3. The Morgan fingerprint density at radius 3 is 2.38 bits per heavy atom. The van der Waals surface area contributed by atoms with Crippen LogP contribution in [0, 0.1) is 5.92 Å². The second kappa shape index (κ2) is 7.41. The maximum absolute atomic E-state index is 12.3. The van der Waals surface area contributed by atoms with E-state index in [4.69, 9.17) is 4.74 Å². The van der Waals surface area contributed by atoms with E-state index >= 15 is 0 Å². The van der Waals surface area contributed by atoms with E-state index in [-0.39, 0.29) is 11.7 Å². The predicted molar refractivity (Wildman–Crippen MR) is 103 cm³/mol. The Morgan fingerprint density at radius 2 is 1.77 bits per heavy atom. The summed E-state index contributed by atoms with van der Waals surface area (Å²) in [4.78, 5) is 26.8. The van der Waals surface area contributed by atoms with Crippen LogP contribution in [0.25, 0.3) is 11.0 Å². The summed E-state index contributed by atoms with van der Waals surface area (Å²) in [5, 5.41) is 5.83. The van der Waals surface area contributed by atoms with Gasteiger partial charge in [0.15, 0.2) is 0 Å². The number of urea groups is 1. The van der Waals surface area contributed by atoms with E-state index in [0.29, 0.717) is 31.4 Å². The highest BCUT2D eigenvalue weighted by atomic mass is 16.5. The first-order valence-electron chi connectivity index (χ1n) is 8.95. The average Bonchev–Trinajstić information content (AvgIpc) is 2.84. The van der Waals surface area contributed by atoms with Gasteiger partial charge < -0.3 is 20.3 Å². The van der Waals surface area contributed by atoms with Gasteiger partial charge in [-0.05, 0) is 18.1 Å². The lowest BCUT2D eigenvalue weighted by atomic mass is 10.2. The number of fused-ring (bicyclic) bond motifs is 1. The second-order valence-corrected chi connectivity index (χ2v) is 7.09. The van der Waals surface area contributed by atoms with Gasteiger partial charge in [-0.3, -0.25) is 9.13 Å². The van der Waals surface area contributed by atoms with Crippen molar-refractivity contribution >= 4 is 28.4 Å². The smallest absolute Gasteiger partial charge is 0.328 e. The summed E-state index contributed by atoms with van der Waals surface area (Å²) in [6.45, 7) is 7.47. The number of nitrogens with zero attached hydrogens (tertiary/aromatic N) is 3. The Balaban J connectivity index is 2.01. The molecule has 2 heterocycles. The van der Waals surface area contributed by atoms with Gasteiger partial charge in [-0.25, -0.2) is 9.59 Å². The Hall–Kier alpha value is -2.48. The van der Waals surface area contributed by atoms with Crippen molar-refractivity contribution in [1.29, 1.82) is 0 Å². The van der Waals surface area contributed by atoms with Crippen LogP contribution in [0.3, 0.4) is 0 Å². The largest absolute Gasteiger partial charge is 0.378 e. The molecule has 1 aromatic carbocycles. The molecule has 0 saturated carbocycles. The molecule has 2 amide bonds. The number of rotatable bonds is 4. The van der Waals surface area contributed by atoms with E-state index in [1.807, 2.05) is 26.0 Å². The number of carbonyl (C=O) groups is 1. The van der Waals surface area contributed by atoms with Gasteiger partial charge in [-0.2, -0.15) is 0 Å². The van der Waals surface area contributed by atoms with E-state index in [1.54, 1.807) is 23.2 Å². The molecule has 2 N–H and O–H groups in total. The molecular formula is C18H27N5O3. The highest BCUT2D eigenvalue weighted by Crippen LogP contribution is 2.31. The minimum Gasteiger partial charge on any atom is -0.378 e. The van der Waals surface area contributed by atoms with Crippen molar-refractivity contribution in [1.82, 2.24) is 14.5 Å². The average molecular weight is 361 g/mol. The molecule has 1 fully saturated rings. The SMILES string of the molecule is CC(C)CNC(=O)Nc1cc2c(cc1N1CCOCC1)n(C)c(=O)n2C. The van der Waals surface area contributed by atoms with Crippen LogP contribution in [-0.4, -0.2) is 48.0 Å². The van der Waals surface area contributed by atoms with Crippen molar-refractivity contribution in [3.05, 3.63) is 22.6 Å². The first-order chi connectivity index (χ1) is 12.4. The van der Waals surface area contributed by atoms with E-state index in [0.717, 1.165) is 29.8 Å². The number of anilines is 2. The number of nitrogens with one attached hydrogen (secondary N) is 2. The molecule has 3 rings (SSSR count). The van der Waals surface area contributed by atoms with Crippen LogP contribution in [-0.2, 0) is 18.8 Å². The number of hydrogen-bond donors (Lipinski definition) is 2. The summed E-state index contributed by atoms with van der Waals surface area (Å²) >= 11 is 0. The summed E-state index contributed by atoms with van der Waals surface area (Å²) in [6.07, 6.45) is 0. The highest BCUT2D eigenvalue weighted by Gasteiger charge is 2.20. The van der Waals surface area contributed by atoms with E-state index < -0.39 is 0 Å². The topological polar surface area (TPSA) is 80.5 Å². The van der Waals surface area contributed by atoms with Crippen LogP contribution in [0.15, 0.2) is 16.9 Å². The second-order valence-electron chi connectivity index (χ2n) is 7.09. The zero-order valence-electron chi connectivity index (χ0n) is 15.8. The molecule has 1 aliphatic rings. The molecule has 1 aliphatic heterocycles. The van der Waals surface area contributed by atoms with Gasteiger partial charge in [0.05, 0.1) is 35.6 Å². The Bertz CT molecular complexity index is 862. The molecule has 0 spiro atoms. The van der Waals surface area contributed by atoms with E-state index in [9.17, 15) is 9.59 Å². The monoisotopic (exact) mass is 361 g/mol. The molecule has 26 heavy (non-hydrogen) atoms. The molecule has 1 aromatic heterocycles. The van der Waals surface area contributed by atoms with E-state index in [2.05, 4.69) is 15.5 Å². The van der Waals surface area contributed by atoms with Gasteiger partial charge in [0.2, 0.25) is 0 Å². The molecule has 0 aliphatic carbocycles. The maximum Gasteiger partial charge on any atom is 0.328 e. The minimum atomic E-state index is -0.242. The molecule has 8 nitrogen and oxygen atoms in total. The third kappa shape index (κ3) is 3.55. The van der Waals surface area contributed by atoms with Gasteiger partial charge in [0.25, 0.3) is 0 Å². The summed E-state index contributed by atoms with van der Waals surface area (Å²) in [5.41, 5.74) is 3.14. The molecule has 0 bridgehead atoms. The molecule has 8 heteroatoms. The quantitative estimate of drug-likeness (QED) is 0.865. The number of imidazole rings is 1. The molecule has 0 radical (unpaired) electrons. The third-order valence-corrected chi connectivity index (χ3v) is 4.66. The summed E-state index contributed by atoms with van der Waals surface area (Å²) in [7, 11) is 3.50. The van der Waals surface area contributed by atoms with Crippen molar-refractivity contribution in [2.75, 3.05) is 43.1 Å². The van der Waals surface area contributed by atoms with Crippen molar-refractivity contribution in [2.45, 2.75) is 13.8 Å². The number of benzene rings is 1. The Kier molecular flexibility index (Phi) is 5.22. The first-order valence-corrected chi connectivity index (χ1v) is 8.95. The number of aromatic nitrogens is 2. The van der Waals surface area contributed by atoms with Gasteiger partial charge in [-0.1, -0.05) is 13.8 Å². The lowest BCUT2D eigenvalue weighted by Crippen LogP contribution is -2.37. The van der Waals surface area contributed by atoms with Crippen LogP contribution in [0.1, 0.15) is 13.8 Å². The van der Waals surface area contributed by atoms with Crippen molar-refractivity contribution < 1.29 is 9.53 Å². The van der Waals surface area contributed by atoms with Crippen LogP contribution in [0.5, 0.6) is 0 Å². The molecule has 0 atom stereocenters.